The molecule has 0 amide bonds. The van der Waals surface area contributed by atoms with Crippen LogP contribution < -0.4 is 9.80 Å². The monoisotopic (exact) mass is 570 g/mol. The van der Waals surface area contributed by atoms with Crippen LogP contribution in [0.25, 0.3) is 21.9 Å². The highest BCUT2D eigenvalue weighted by molar-refractivity contribution is 7.80. The minimum absolute atomic E-state index is 0.926. The highest BCUT2D eigenvalue weighted by atomic mass is 32.1. The lowest BCUT2D eigenvalue weighted by atomic mass is 9.96. The third-order valence-corrected chi connectivity index (χ3v) is 8.10. The fraction of sp³-hybridized carbons (Fsp3) is 0. The molecular weight excluding hydrogens is 541 g/mol. The van der Waals surface area contributed by atoms with Gasteiger partial charge in [-0.05, 0) is 83.2 Å². The Labute approximate surface area is 258 Å². The number of nitrogens with zero attached hydrogens (tertiary/aromatic N) is 2. The Hall–Kier alpha value is -5.25. The minimum Gasteiger partial charge on any atom is -0.310 e. The van der Waals surface area contributed by atoms with Gasteiger partial charge in [0.25, 0.3) is 0 Å². The molecule has 2 nitrogen and oxygen atoms in total. The molecule has 7 aromatic rings. The molecule has 0 bridgehead atoms. The first-order valence-corrected chi connectivity index (χ1v) is 14.9. The van der Waals surface area contributed by atoms with Crippen molar-refractivity contribution in [2.75, 3.05) is 9.80 Å². The van der Waals surface area contributed by atoms with Crippen LogP contribution in [0.3, 0.4) is 0 Å². The summed E-state index contributed by atoms with van der Waals surface area (Å²) >= 11 is 5.07. The highest BCUT2D eigenvalue weighted by Crippen LogP contribution is 2.44. The summed E-state index contributed by atoms with van der Waals surface area (Å²) < 4.78 is 0. The Morgan fingerprint density at radius 1 is 0.326 bits per heavy atom. The summed E-state index contributed by atoms with van der Waals surface area (Å²) in [7, 11) is 0. The SMILES string of the molecule is Sc1cc(N(c2ccccc2)c2ccccc2)ccc1-c1ccc(N(c2ccccc2)c2ccccc2)c2ccccc12. The van der Waals surface area contributed by atoms with E-state index in [1.165, 1.54) is 10.8 Å². The van der Waals surface area contributed by atoms with Crippen LogP contribution in [0.2, 0.25) is 0 Å². The zero-order valence-electron chi connectivity index (χ0n) is 23.6. The Kier molecular flexibility index (Phi) is 7.39. The fourth-order valence-electron chi connectivity index (χ4n) is 5.78. The minimum atomic E-state index is 0.926. The molecule has 0 aliphatic heterocycles. The fourth-order valence-corrected chi connectivity index (χ4v) is 6.11. The first kappa shape index (κ1) is 26.6. The van der Waals surface area contributed by atoms with E-state index in [1.807, 2.05) is 12.1 Å². The molecule has 0 fully saturated rings. The van der Waals surface area contributed by atoms with E-state index in [4.69, 9.17) is 12.6 Å². The molecule has 206 valence electrons. The van der Waals surface area contributed by atoms with Crippen LogP contribution in [-0.2, 0) is 0 Å². The lowest BCUT2D eigenvalue weighted by Crippen LogP contribution is -2.10. The van der Waals surface area contributed by atoms with Gasteiger partial charge in [-0.2, -0.15) is 0 Å². The first-order valence-electron chi connectivity index (χ1n) is 14.4. The van der Waals surface area contributed by atoms with E-state index in [9.17, 15) is 0 Å². The molecule has 0 aliphatic carbocycles. The van der Waals surface area contributed by atoms with Crippen LogP contribution in [0.1, 0.15) is 0 Å². The Morgan fingerprint density at radius 3 is 1.23 bits per heavy atom. The van der Waals surface area contributed by atoms with Crippen molar-refractivity contribution in [1.29, 1.82) is 0 Å². The topological polar surface area (TPSA) is 6.48 Å². The maximum Gasteiger partial charge on any atom is 0.0540 e. The van der Waals surface area contributed by atoms with E-state index in [1.54, 1.807) is 0 Å². The maximum absolute atomic E-state index is 5.07. The summed E-state index contributed by atoms with van der Waals surface area (Å²) in [5, 5.41) is 2.36. The summed E-state index contributed by atoms with van der Waals surface area (Å²) in [6.45, 7) is 0. The van der Waals surface area contributed by atoms with Crippen LogP contribution in [0.4, 0.5) is 34.1 Å². The van der Waals surface area contributed by atoms with Gasteiger partial charge in [-0.15, -0.1) is 12.6 Å². The molecule has 43 heavy (non-hydrogen) atoms. The molecule has 0 spiro atoms. The van der Waals surface area contributed by atoms with Gasteiger partial charge in [-0.25, -0.2) is 0 Å². The quantitative estimate of drug-likeness (QED) is 0.190. The number of hydrogen-bond donors (Lipinski definition) is 1. The molecule has 0 aliphatic rings. The van der Waals surface area contributed by atoms with E-state index in [0.717, 1.165) is 50.1 Å². The van der Waals surface area contributed by atoms with E-state index in [2.05, 4.69) is 174 Å². The summed E-state index contributed by atoms with van der Waals surface area (Å²) in [4.78, 5) is 5.52. The molecular formula is C40H30N2S. The van der Waals surface area contributed by atoms with Crippen molar-refractivity contribution < 1.29 is 0 Å². The standard InChI is InChI=1S/C40H30N2S/c43-40-29-34(41(30-15-5-1-6-16-30)31-17-7-2-8-18-31)25-26-38(40)36-27-28-39(37-24-14-13-23-35(36)37)42(32-19-9-3-10-20-32)33-21-11-4-12-22-33/h1-29,43H. The van der Waals surface area contributed by atoms with Crippen LogP contribution in [0.5, 0.6) is 0 Å². The normalized spacial score (nSPS) is 10.9. The van der Waals surface area contributed by atoms with Crippen molar-refractivity contribution in [3.63, 3.8) is 0 Å². The smallest absolute Gasteiger partial charge is 0.0540 e. The predicted molar refractivity (Wildman–Crippen MR) is 186 cm³/mol. The second kappa shape index (κ2) is 11.9. The Balaban J connectivity index is 1.35. The van der Waals surface area contributed by atoms with Gasteiger partial charge in [0.15, 0.2) is 0 Å². The molecule has 7 aromatic carbocycles. The number of anilines is 6. The zero-order chi connectivity index (χ0) is 29.0. The van der Waals surface area contributed by atoms with Crippen LogP contribution >= 0.6 is 12.6 Å². The van der Waals surface area contributed by atoms with E-state index >= 15 is 0 Å². The summed E-state index contributed by atoms with van der Waals surface area (Å²) in [5.41, 5.74) is 8.89. The van der Waals surface area contributed by atoms with Crippen molar-refractivity contribution in [3.8, 4) is 11.1 Å². The van der Waals surface area contributed by atoms with Gasteiger partial charge < -0.3 is 9.80 Å². The number of fused-ring (bicyclic) bond motifs is 1. The molecule has 3 heteroatoms. The third kappa shape index (κ3) is 5.27. The molecule has 0 aromatic heterocycles. The molecule has 0 heterocycles. The highest BCUT2D eigenvalue weighted by Gasteiger charge is 2.19. The maximum atomic E-state index is 5.07. The number of rotatable bonds is 7. The lowest BCUT2D eigenvalue weighted by Gasteiger charge is -2.28. The van der Waals surface area contributed by atoms with Gasteiger partial charge in [-0.1, -0.05) is 109 Å². The predicted octanol–water partition coefficient (Wildman–Crippen LogP) is 11.7. The van der Waals surface area contributed by atoms with Crippen molar-refractivity contribution in [2.45, 2.75) is 4.90 Å². The van der Waals surface area contributed by atoms with Crippen LogP contribution in [0.15, 0.2) is 181 Å². The van der Waals surface area contributed by atoms with Crippen molar-refractivity contribution in [1.82, 2.24) is 0 Å². The summed E-state index contributed by atoms with van der Waals surface area (Å²) in [6, 6.07) is 61.7. The average molecular weight is 571 g/mol. The molecule has 0 N–H and O–H groups in total. The second-order valence-electron chi connectivity index (χ2n) is 10.4. The number of benzene rings is 7. The van der Waals surface area contributed by atoms with Gasteiger partial charge in [0.1, 0.15) is 0 Å². The molecule has 7 rings (SSSR count). The molecule has 0 atom stereocenters. The largest absolute Gasteiger partial charge is 0.310 e. The third-order valence-electron chi connectivity index (χ3n) is 7.73. The van der Waals surface area contributed by atoms with E-state index < -0.39 is 0 Å². The van der Waals surface area contributed by atoms with Gasteiger partial charge in [0.2, 0.25) is 0 Å². The molecule has 0 radical (unpaired) electrons. The van der Waals surface area contributed by atoms with Crippen LogP contribution in [0, 0.1) is 0 Å². The van der Waals surface area contributed by atoms with Gasteiger partial charge >= 0.3 is 0 Å². The average Bonchev–Trinajstić information content (AvgIpc) is 3.07. The number of thiol groups is 1. The molecule has 0 saturated heterocycles. The Morgan fingerprint density at radius 2 is 0.744 bits per heavy atom. The number of hydrogen-bond acceptors (Lipinski definition) is 3. The number of para-hydroxylation sites is 4. The van der Waals surface area contributed by atoms with Gasteiger partial charge in [0, 0.05) is 38.7 Å². The van der Waals surface area contributed by atoms with Gasteiger partial charge in [0.05, 0.1) is 5.69 Å². The van der Waals surface area contributed by atoms with E-state index in [0.29, 0.717) is 0 Å². The van der Waals surface area contributed by atoms with Crippen molar-refractivity contribution >= 4 is 57.5 Å². The molecule has 0 unspecified atom stereocenters. The lowest BCUT2D eigenvalue weighted by molar-refractivity contribution is 1.26. The summed E-state index contributed by atoms with van der Waals surface area (Å²) in [6.07, 6.45) is 0. The van der Waals surface area contributed by atoms with Crippen molar-refractivity contribution in [3.05, 3.63) is 176 Å². The van der Waals surface area contributed by atoms with Crippen molar-refractivity contribution in [2.24, 2.45) is 0 Å². The van der Waals surface area contributed by atoms with E-state index in [-0.39, 0.29) is 0 Å². The zero-order valence-corrected chi connectivity index (χ0v) is 24.5. The molecule has 0 saturated carbocycles. The first-order chi connectivity index (χ1) is 21.3. The van der Waals surface area contributed by atoms with Crippen LogP contribution in [-0.4, -0.2) is 0 Å². The Bertz CT molecular complexity index is 1900. The second-order valence-corrected chi connectivity index (χ2v) is 10.9. The van der Waals surface area contributed by atoms with Gasteiger partial charge in [-0.3, -0.25) is 0 Å². The summed E-state index contributed by atoms with van der Waals surface area (Å²) in [5.74, 6) is 0.